The quantitative estimate of drug-likeness (QED) is 0.0261. The Morgan fingerprint density at radius 2 is 0.653 bits per heavy atom. The molecule has 9 heteroatoms. The van der Waals surface area contributed by atoms with Crippen molar-refractivity contribution in [3.8, 4) is 0 Å². The third-order valence-corrected chi connectivity index (χ3v) is 18.2. The molecule has 0 spiro atoms. The summed E-state index contributed by atoms with van der Waals surface area (Å²) < 4.78 is 11.3. The molecule has 7 unspecified atom stereocenters. The number of rotatable bonds is 69. The van der Waals surface area contributed by atoms with Gasteiger partial charge in [-0.05, 0) is 96.3 Å². The average molecular weight is 1330 g/mol. The minimum atomic E-state index is -1.58. The van der Waals surface area contributed by atoms with Crippen molar-refractivity contribution < 1.29 is 39.8 Å². The van der Waals surface area contributed by atoms with Crippen molar-refractivity contribution >= 4 is 5.91 Å². The summed E-state index contributed by atoms with van der Waals surface area (Å²) in [5.74, 6) is -0.182. The van der Waals surface area contributed by atoms with Gasteiger partial charge < -0.3 is 40.3 Å². The zero-order chi connectivity index (χ0) is 68.5. The lowest BCUT2D eigenvalue weighted by atomic mass is 9.99. The number of nitrogens with one attached hydrogen (secondary N) is 1. The zero-order valence-corrected chi connectivity index (χ0v) is 61.4. The highest BCUT2D eigenvalue weighted by molar-refractivity contribution is 5.76. The smallest absolute Gasteiger partial charge is 0.220 e. The van der Waals surface area contributed by atoms with Crippen molar-refractivity contribution in [1.29, 1.82) is 0 Å². The number of hydrogen-bond donors (Lipinski definition) is 6. The lowest BCUT2D eigenvalue weighted by Crippen LogP contribution is -2.60. The van der Waals surface area contributed by atoms with Crippen LogP contribution in [0.15, 0.2) is 134 Å². The van der Waals surface area contributed by atoms with Gasteiger partial charge in [0, 0.05) is 6.42 Å². The second kappa shape index (κ2) is 73.1. The Morgan fingerprint density at radius 1 is 0.368 bits per heavy atom. The van der Waals surface area contributed by atoms with Gasteiger partial charge in [-0.25, -0.2) is 0 Å². The van der Waals surface area contributed by atoms with Gasteiger partial charge in [-0.3, -0.25) is 4.79 Å². The highest BCUT2D eigenvalue weighted by Crippen LogP contribution is 2.23. The fourth-order valence-electron chi connectivity index (χ4n) is 12.1. The van der Waals surface area contributed by atoms with Crippen molar-refractivity contribution in [2.75, 3.05) is 13.2 Å². The Labute approximate surface area is 585 Å². The molecule has 7 atom stereocenters. The molecular weight excluding hydrogens is 1170 g/mol. The maximum atomic E-state index is 13.2. The summed E-state index contributed by atoms with van der Waals surface area (Å²) in [6.45, 7) is 3.70. The largest absolute Gasteiger partial charge is 0.394 e. The van der Waals surface area contributed by atoms with Crippen LogP contribution in [0.3, 0.4) is 0 Å². The standard InChI is InChI=1S/C86H149NO8/c1-3-5-7-9-11-13-15-17-19-21-23-25-27-29-31-33-35-36-37-38-39-40-41-42-43-44-46-48-50-52-54-56-58-60-62-64-66-68-70-72-74-76-82(90)87-79(78-94-86-85(93)84(92)83(91)81(77-88)95-86)80(89)75-73-71-69-67-65-63-61-59-57-55-53-51-49-47-45-34-32-30-28-26-24-22-20-18-16-14-12-10-8-6-4-2/h5,7,11,13,17,19,23,25,29,31,35-36,38-39,41-42,44,46,50,52,73,75,79-81,83-86,88-89,91-93H,3-4,6,8-10,12,14-16,18,20-22,24,26-28,30,32-34,37,40,43,45,47-49,51,53-72,74,76-78H2,1-2H3,(H,87,90)/b7-5-,13-11-,19-17-,25-23-,31-29-,36-35-,39-38-,42-41-,46-44-,52-50-,75-73+. The van der Waals surface area contributed by atoms with Gasteiger partial charge in [0.05, 0.1) is 25.4 Å². The van der Waals surface area contributed by atoms with Crippen LogP contribution in [0.5, 0.6) is 0 Å². The zero-order valence-electron chi connectivity index (χ0n) is 61.4. The van der Waals surface area contributed by atoms with E-state index in [0.29, 0.717) is 6.42 Å². The third-order valence-electron chi connectivity index (χ3n) is 18.2. The summed E-state index contributed by atoms with van der Waals surface area (Å²) in [4.78, 5) is 13.2. The monoisotopic (exact) mass is 1320 g/mol. The van der Waals surface area contributed by atoms with Crippen molar-refractivity contribution in [2.24, 2.45) is 0 Å². The van der Waals surface area contributed by atoms with Crippen LogP contribution in [0.1, 0.15) is 348 Å². The van der Waals surface area contributed by atoms with E-state index in [0.717, 1.165) is 116 Å². The van der Waals surface area contributed by atoms with Crippen molar-refractivity contribution in [1.82, 2.24) is 5.32 Å². The number of carbonyl (C=O) groups is 1. The van der Waals surface area contributed by atoms with Gasteiger partial charge in [0.2, 0.25) is 5.91 Å². The molecule has 1 aliphatic rings. The summed E-state index contributed by atoms with van der Waals surface area (Å²) in [5.41, 5.74) is 0. The molecule has 0 radical (unpaired) electrons. The van der Waals surface area contributed by atoms with E-state index in [-0.39, 0.29) is 12.5 Å². The van der Waals surface area contributed by atoms with E-state index >= 15 is 0 Å². The van der Waals surface area contributed by atoms with Gasteiger partial charge >= 0.3 is 0 Å². The van der Waals surface area contributed by atoms with E-state index < -0.39 is 49.5 Å². The van der Waals surface area contributed by atoms with Crippen LogP contribution in [0.2, 0.25) is 0 Å². The molecule has 0 aromatic heterocycles. The van der Waals surface area contributed by atoms with Crippen LogP contribution in [0, 0.1) is 0 Å². The normalized spacial score (nSPS) is 18.2. The summed E-state index contributed by atoms with van der Waals surface area (Å²) >= 11 is 0. The highest BCUT2D eigenvalue weighted by atomic mass is 16.7. The van der Waals surface area contributed by atoms with Crippen LogP contribution >= 0.6 is 0 Å². The summed E-state index contributed by atoms with van der Waals surface area (Å²) in [6.07, 6.45) is 104. The van der Waals surface area contributed by atoms with Crippen LogP contribution in [0.4, 0.5) is 0 Å². The van der Waals surface area contributed by atoms with E-state index in [9.17, 15) is 30.3 Å². The van der Waals surface area contributed by atoms with Gasteiger partial charge in [-0.1, -0.05) is 379 Å². The fourth-order valence-corrected chi connectivity index (χ4v) is 12.1. The maximum absolute atomic E-state index is 13.2. The van der Waals surface area contributed by atoms with E-state index in [2.05, 4.69) is 141 Å². The fraction of sp³-hybridized carbons (Fsp3) is 0.733. The summed E-state index contributed by atoms with van der Waals surface area (Å²) in [7, 11) is 0. The first-order valence-corrected chi connectivity index (χ1v) is 39.9. The van der Waals surface area contributed by atoms with E-state index in [4.69, 9.17) is 9.47 Å². The summed E-state index contributed by atoms with van der Waals surface area (Å²) in [6, 6.07) is -0.818. The minimum absolute atomic E-state index is 0.182. The molecule has 1 heterocycles. The SMILES string of the molecule is CC/C=C\C/C=C\C/C=C\C/C=C\C/C=C\C/C=C\C/C=C\C/C=C\C/C=C\C/C=C\CCCCCCCCCCCCC(=O)NC(COC1OC(CO)C(O)C(O)C1O)C(O)/C=C/CCCCCCCCCCCCCCCCCCCCCCCCCCCCCCC. The maximum Gasteiger partial charge on any atom is 0.220 e. The van der Waals surface area contributed by atoms with Crippen LogP contribution in [0.25, 0.3) is 0 Å². The summed E-state index contributed by atoms with van der Waals surface area (Å²) in [5, 5.41) is 54.9. The van der Waals surface area contributed by atoms with Crippen LogP contribution in [-0.2, 0) is 14.3 Å². The predicted octanol–water partition coefficient (Wildman–Crippen LogP) is 23.1. The molecule has 0 saturated carbocycles. The van der Waals surface area contributed by atoms with Crippen molar-refractivity contribution in [3.05, 3.63) is 134 Å². The molecule has 1 rings (SSSR count). The van der Waals surface area contributed by atoms with Gasteiger partial charge in [0.25, 0.3) is 0 Å². The molecule has 0 aromatic rings. The van der Waals surface area contributed by atoms with Crippen molar-refractivity contribution in [3.63, 3.8) is 0 Å². The molecule has 1 amide bonds. The minimum Gasteiger partial charge on any atom is -0.394 e. The van der Waals surface area contributed by atoms with E-state index in [1.54, 1.807) is 6.08 Å². The molecule has 0 aromatic carbocycles. The number of hydrogen-bond acceptors (Lipinski definition) is 8. The van der Waals surface area contributed by atoms with Crippen molar-refractivity contribution in [2.45, 2.75) is 391 Å². The number of unbranched alkanes of at least 4 members (excludes halogenated alkanes) is 39. The van der Waals surface area contributed by atoms with Gasteiger partial charge in [0.15, 0.2) is 6.29 Å². The van der Waals surface area contributed by atoms with Crippen LogP contribution in [-0.4, -0.2) is 87.5 Å². The van der Waals surface area contributed by atoms with Gasteiger partial charge in [-0.15, -0.1) is 0 Å². The number of aliphatic hydroxyl groups is 5. The molecule has 1 fully saturated rings. The number of aliphatic hydroxyl groups excluding tert-OH is 5. The van der Waals surface area contributed by atoms with Crippen LogP contribution < -0.4 is 5.32 Å². The first-order chi connectivity index (χ1) is 46.8. The Morgan fingerprint density at radius 3 is 0.968 bits per heavy atom. The molecule has 0 aliphatic carbocycles. The van der Waals surface area contributed by atoms with E-state index in [1.165, 1.54) is 212 Å². The number of carbonyl (C=O) groups excluding carboxylic acids is 1. The molecule has 546 valence electrons. The highest BCUT2D eigenvalue weighted by Gasteiger charge is 2.44. The molecule has 1 aliphatic heterocycles. The molecular formula is C86H149NO8. The molecule has 6 N–H and O–H groups in total. The number of amides is 1. The Bertz CT molecular complexity index is 1980. The molecule has 1 saturated heterocycles. The lowest BCUT2D eigenvalue weighted by Gasteiger charge is -2.40. The van der Waals surface area contributed by atoms with Gasteiger partial charge in [-0.2, -0.15) is 0 Å². The molecule has 0 bridgehead atoms. The number of ether oxygens (including phenoxy) is 2. The predicted molar refractivity (Wildman–Crippen MR) is 410 cm³/mol. The number of allylic oxidation sites excluding steroid dienone is 21. The first kappa shape index (κ1) is 89.3. The Kier molecular flexibility index (Phi) is 68.7. The Hall–Kier alpha value is -3.67. The average Bonchev–Trinajstić information content (AvgIpc) is 0.836. The van der Waals surface area contributed by atoms with E-state index in [1.807, 2.05) is 6.08 Å². The first-order valence-electron chi connectivity index (χ1n) is 39.9. The molecule has 95 heavy (non-hydrogen) atoms. The topological polar surface area (TPSA) is 149 Å². The second-order valence-electron chi connectivity index (χ2n) is 27.1. The second-order valence-corrected chi connectivity index (χ2v) is 27.1. The lowest BCUT2D eigenvalue weighted by molar-refractivity contribution is -0.302. The van der Waals surface area contributed by atoms with Gasteiger partial charge in [0.1, 0.15) is 24.4 Å². The third kappa shape index (κ3) is 61.2. The Balaban J connectivity index is 2.12. The molecule has 9 nitrogen and oxygen atoms in total.